The van der Waals surface area contributed by atoms with Crippen LogP contribution in [0.1, 0.15) is 19.3 Å². The third-order valence-corrected chi connectivity index (χ3v) is 3.27. The Kier molecular flexibility index (Phi) is 1.70. The molecular weight excluding hydrogens is 158 g/mol. The van der Waals surface area contributed by atoms with E-state index in [1.165, 1.54) is 0 Å². The van der Waals surface area contributed by atoms with Crippen LogP contribution in [0.2, 0.25) is 0 Å². The molecule has 2 unspecified atom stereocenters. The summed E-state index contributed by atoms with van der Waals surface area (Å²) >= 11 is 0. The molecule has 2 fully saturated rings. The predicted molar refractivity (Wildman–Crippen MR) is 42.4 cm³/mol. The number of piperidine rings is 1. The van der Waals surface area contributed by atoms with Crippen molar-refractivity contribution in [3.8, 4) is 0 Å². The van der Waals surface area contributed by atoms with Gasteiger partial charge in [-0.05, 0) is 19.9 Å². The highest BCUT2D eigenvalue weighted by Crippen LogP contribution is 2.41. The van der Waals surface area contributed by atoms with Crippen LogP contribution in [-0.2, 0) is 0 Å². The van der Waals surface area contributed by atoms with Gasteiger partial charge in [0.1, 0.15) is 5.72 Å². The van der Waals surface area contributed by atoms with E-state index < -0.39 is 17.9 Å². The summed E-state index contributed by atoms with van der Waals surface area (Å²) in [6.45, 7) is 0. The summed E-state index contributed by atoms with van der Waals surface area (Å²) in [5.41, 5.74) is -1.18. The van der Waals surface area contributed by atoms with E-state index in [4.69, 9.17) is 0 Å². The van der Waals surface area contributed by atoms with Crippen LogP contribution in [0.4, 0.5) is 0 Å². The largest absolute Gasteiger partial charge is 0.393 e. The lowest BCUT2D eigenvalue weighted by Crippen LogP contribution is -2.55. The van der Waals surface area contributed by atoms with Crippen LogP contribution in [0.15, 0.2) is 0 Å². The van der Waals surface area contributed by atoms with E-state index in [9.17, 15) is 15.3 Å². The fourth-order valence-corrected chi connectivity index (χ4v) is 2.43. The Morgan fingerprint density at radius 2 is 2.00 bits per heavy atom. The summed E-state index contributed by atoms with van der Waals surface area (Å²) in [6, 6.07) is 0.133. The fourth-order valence-electron chi connectivity index (χ4n) is 2.43. The first kappa shape index (κ1) is 8.44. The molecule has 0 saturated carbocycles. The van der Waals surface area contributed by atoms with Crippen molar-refractivity contribution in [2.75, 3.05) is 7.05 Å². The number of nitrogens with zero attached hydrogens (tertiary/aromatic N) is 1. The molecule has 2 rings (SSSR count). The van der Waals surface area contributed by atoms with Gasteiger partial charge in [0.05, 0.1) is 12.2 Å². The molecule has 0 aromatic rings. The third kappa shape index (κ3) is 0.925. The number of aliphatic hydroxyl groups is 3. The minimum absolute atomic E-state index is 0.133. The second-order valence-corrected chi connectivity index (χ2v) is 3.99. The van der Waals surface area contributed by atoms with E-state index in [1.807, 2.05) is 0 Å². The molecule has 70 valence electrons. The Hall–Kier alpha value is -0.160. The van der Waals surface area contributed by atoms with Gasteiger partial charge in [-0.3, -0.25) is 4.90 Å². The number of hydrogen-bond donors (Lipinski definition) is 3. The summed E-state index contributed by atoms with van der Waals surface area (Å²) in [5.74, 6) is 0. The molecule has 2 aliphatic heterocycles. The Morgan fingerprint density at radius 1 is 1.33 bits per heavy atom. The van der Waals surface area contributed by atoms with Crippen molar-refractivity contribution in [3.63, 3.8) is 0 Å². The van der Waals surface area contributed by atoms with Crippen LogP contribution in [0.25, 0.3) is 0 Å². The molecule has 0 aliphatic carbocycles. The number of rotatable bonds is 0. The first-order valence-corrected chi connectivity index (χ1v) is 4.35. The van der Waals surface area contributed by atoms with Crippen LogP contribution in [0.3, 0.4) is 0 Å². The number of aliphatic hydroxyl groups excluding tert-OH is 2. The zero-order chi connectivity index (χ0) is 8.93. The molecule has 0 spiro atoms. The zero-order valence-electron chi connectivity index (χ0n) is 7.14. The molecule has 0 aromatic heterocycles. The van der Waals surface area contributed by atoms with Crippen molar-refractivity contribution in [3.05, 3.63) is 0 Å². The van der Waals surface area contributed by atoms with Gasteiger partial charge in [-0.15, -0.1) is 0 Å². The maximum atomic E-state index is 9.95. The van der Waals surface area contributed by atoms with Gasteiger partial charge >= 0.3 is 0 Å². The van der Waals surface area contributed by atoms with E-state index >= 15 is 0 Å². The van der Waals surface area contributed by atoms with Crippen molar-refractivity contribution in [1.82, 2.24) is 4.90 Å². The van der Waals surface area contributed by atoms with Crippen LogP contribution >= 0.6 is 0 Å². The highest BCUT2D eigenvalue weighted by atomic mass is 16.4. The molecule has 2 aliphatic rings. The Balaban J connectivity index is 2.26. The SMILES string of the molecule is CN1[C@@H]2CC(O)C[C@@]1(O)C(O)C2. The summed E-state index contributed by atoms with van der Waals surface area (Å²) in [6.07, 6.45) is 0.333. The van der Waals surface area contributed by atoms with Gasteiger partial charge < -0.3 is 15.3 Å². The normalized spacial score (nSPS) is 54.5. The van der Waals surface area contributed by atoms with E-state index in [0.29, 0.717) is 12.8 Å². The Labute approximate surface area is 71.4 Å². The van der Waals surface area contributed by atoms with Crippen molar-refractivity contribution in [2.45, 2.75) is 43.2 Å². The summed E-state index contributed by atoms with van der Waals surface area (Å²) in [7, 11) is 1.80. The van der Waals surface area contributed by atoms with Gasteiger partial charge in [-0.1, -0.05) is 0 Å². The van der Waals surface area contributed by atoms with Crippen LogP contribution in [0, 0.1) is 0 Å². The maximum absolute atomic E-state index is 9.95. The lowest BCUT2D eigenvalue weighted by molar-refractivity contribution is -0.175. The molecule has 2 saturated heterocycles. The van der Waals surface area contributed by atoms with Crippen molar-refractivity contribution < 1.29 is 15.3 Å². The van der Waals surface area contributed by atoms with Crippen molar-refractivity contribution >= 4 is 0 Å². The van der Waals surface area contributed by atoms with Crippen LogP contribution in [-0.4, -0.2) is 51.2 Å². The van der Waals surface area contributed by atoms with Crippen LogP contribution in [0.5, 0.6) is 0 Å². The molecule has 0 amide bonds. The second-order valence-electron chi connectivity index (χ2n) is 3.99. The molecule has 4 atom stereocenters. The first-order valence-electron chi connectivity index (χ1n) is 4.35. The van der Waals surface area contributed by atoms with Crippen molar-refractivity contribution in [2.24, 2.45) is 0 Å². The quantitative estimate of drug-likeness (QED) is 0.435. The van der Waals surface area contributed by atoms with E-state index in [-0.39, 0.29) is 12.5 Å². The molecule has 3 N–H and O–H groups in total. The molecule has 12 heavy (non-hydrogen) atoms. The lowest BCUT2D eigenvalue weighted by atomic mass is 9.97. The molecule has 0 radical (unpaired) electrons. The highest BCUT2D eigenvalue weighted by molar-refractivity contribution is 5.03. The lowest BCUT2D eigenvalue weighted by Gasteiger charge is -2.41. The first-order chi connectivity index (χ1) is 5.54. The number of likely N-dealkylation sites (N-methyl/N-ethyl adjacent to an activating group) is 1. The van der Waals surface area contributed by atoms with E-state index in [1.54, 1.807) is 11.9 Å². The zero-order valence-corrected chi connectivity index (χ0v) is 7.14. The summed E-state index contributed by atoms with van der Waals surface area (Å²) < 4.78 is 0. The number of fused-ring (bicyclic) bond motifs is 2. The minimum Gasteiger partial charge on any atom is -0.393 e. The molecule has 4 nitrogen and oxygen atoms in total. The van der Waals surface area contributed by atoms with Gasteiger partial charge in [0.25, 0.3) is 0 Å². The predicted octanol–water partition coefficient (Wildman–Crippen LogP) is -1.11. The summed E-state index contributed by atoms with van der Waals surface area (Å²) in [5, 5.41) is 28.9. The van der Waals surface area contributed by atoms with Gasteiger partial charge in [0.15, 0.2) is 0 Å². The summed E-state index contributed by atoms with van der Waals surface area (Å²) in [4.78, 5) is 1.78. The third-order valence-electron chi connectivity index (χ3n) is 3.27. The second kappa shape index (κ2) is 2.42. The topological polar surface area (TPSA) is 63.9 Å². The van der Waals surface area contributed by atoms with E-state index in [0.717, 1.165) is 0 Å². The Morgan fingerprint density at radius 3 is 2.58 bits per heavy atom. The average Bonchev–Trinajstić information content (AvgIpc) is 2.16. The minimum atomic E-state index is -1.18. The van der Waals surface area contributed by atoms with E-state index in [2.05, 4.69) is 0 Å². The van der Waals surface area contributed by atoms with Gasteiger partial charge in [0.2, 0.25) is 0 Å². The van der Waals surface area contributed by atoms with Gasteiger partial charge in [0, 0.05) is 12.5 Å². The standard InChI is InChI=1S/C8H15NO3/c1-9-5-2-6(10)4-8(9,12)7(11)3-5/h5-7,10-12H,2-4H2,1H3/t5-,6?,7?,8-/m1/s1. The average molecular weight is 173 g/mol. The van der Waals surface area contributed by atoms with Gasteiger partial charge in [-0.2, -0.15) is 0 Å². The highest BCUT2D eigenvalue weighted by Gasteiger charge is 2.54. The molecule has 2 heterocycles. The number of hydrogen-bond acceptors (Lipinski definition) is 4. The fraction of sp³-hybridized carbons (Fsp3) is 1.00. The monoisotopic (exact) mass is 173 g/mol. The molecular formula is C8H15NO3. The maximum Gasteiger partial charge on any atom is 0.147 e. The molecule has 0 aromatic carbocycles. The van der Waals surface area contributed by atoms with Gasteiger partial charge in [-0.25, -0.2) is 0 Å². The Bertz CT molecular complexity index is 199. The molecule has 2 bridgehead atoms. The van der Waals surface area contributed by atoms with Crippen molar-refractivity contribution in [1.29, 1.82) is 0 Å². The van der Waals surface area contributed by atoms with Crippen LogP contribution < -0.4 is 0 Å². The molecule has 4 heteroatoms. The smallest absolute Gasteiger partial charge is 0.147 e.